The average Bonchev–Trinajstić information content (AvgIpc) is 3.30. The number of likely N-dealkylation sites (N-methyl/N-ethyl adjacent to an activating group) is 1. The summed E-state index contributed by atoms with van der Waals surface area (Å²) in [6.45, 7) is 3.38. The molecule has 3 N–H and O–H groups in total. The van der Waals surface area contributed by atoms with Gasteiger partial charge >= 0.3 is 0 Å². The van der Waals surface area contributed by atoms with Gasteiger partial charge in [-0.25, -0.2) is 4.98 Å². The fourth-order valence-corrected chi connectivity index (χ4v) is 4.11. The molecule has 1 aromatic carbocycles. The van der Waals surface area contributed by atoms with Gasteiger partial charge in [0.1, 0.15) is 11.6 Å². The molecule has 3 heterocycles. The molecule has 2 atom stereocenters. The molecule has 8 nitrogen and oxygen atoms in total. The Labute approximate surface area is 187 Å². The van der Waals surface area contributed by atoms with Crippen molar-refractivity contribution in [1.29, 1.82) is 0 Å². The molecule has 1 saturated heterocycles. The molecule has 3 aliphatic rings. The van der Waals surface area contributed by atoms with Gasteiger partial charge in [-0.05, 0) is 49.5 Å². The Bertz CT molecular complexity index is 1070. The van der Waals surface area contributed by atoms with Gasteiger partial charge in [0.25, 0.3) is 5.91 Å². The zero-order chi connectivity index (χ0) is 21.9. The van der Waals surface area contributed by atoms with Crippen molar-refractivity contribution in [2.24, 2.45) is 11.0 Å². The Hall–Kier alpha value is -3.65. The topological polar surface area (TPSA) is 84.9 Å². The number of rotatable bonds is 5. The van der Waals surface area contributed by atoms with Crippen molar-refractivity contribution in [2.45, 2.75) is 6.04 Å². The maximum Gasteiger partial charge on any atom is 0.253 e. The molecule has 2 aromatic rings. The zero-order valence-corrected chi connectivity index (χ0v) is 18.0. The lowest BCUT2D eigenvalue weighted by molar-refractivity contribution is 0.0664. The lowest BCUT2D eigenvalue weighted by atomic mass is 9.94. The third-order valence-electron chi connectivity index (χ3n) is 6.03. The molecule has 0 saturated carbocycles. The van der Waals surface area contributed by atoms with Crippen LogP contribution in [0.5, 0.6) is 0 Å². The number of carbonyl (C=O) groups is 1. The number of piperazine rings is 1. The van der Waals surface area contributed by atoms with E-state index in [1.54, 1.807) is 0 Å². The van der Waals surface area contributed by atoms with E-state index in [1.807, 2.05) is 65.7 Å². The van der Waals surface area contributed by atoms with E-state index < -0.39 is 0 Å². The van der Waals surface area contributed by atoms with Crippen molar-refractivity contribution in [1.82, 2.24) is 20.2 Å². The first kappa shape index (κ1) is 20.3. The van der Waals surface area contributed by atoms with Gasteiger partial charge in [0.05, 0.1) is 12.0 Å². The standard InChI is InChI=1S/C24H27N7O/c1-30-12-14-31(15-13-30)24(32)17-8-10-18(11-9-17)26-22-6-3-7-23(28-22)27-20-4-2-5-21-19(20)16-25-29-21/h2-11,16,19-20,29H,12-15H2,1H3,(H2,26,27,28). The largest absolute Gasteiger partial charge is 0.363 e. The molecule has 2 unspecified atom stereocenters. The number of hydrazone groups is 1. The predicted octanol–water partition coefficient (Wildman–Crippen LogP) is 2.65. The van der Waals surface area contributed by atoms with E-state index in [0.717, 1.165) is 49.2 Å². The van der Waals surface area contributed by atoms with E-state index in [9.17, 15) is 4.79 Å². The highest BCUT2D eigenvalue weighted by molar-refractivity contribution is 5.94. The van der Waals surface area contributed by atoms with Crippen molar-refractivity contribution in [2.75, 3.05) is 43.9 Å². The minimum Gasteiger partial charge on any atom is -0.363 e. The van der Waals surface area contributed by atoms with Gasteiger partial charge in [0, 0.05) is 49.3 Å². The molecule has 0 radical (unpaired) electrons. The Kier molecular flexibility index (Phi) is 5.60. The summed E-state index contributed by atoms with van der Waals surface area (Å²) in [6, 6.07) is 13.5. The quantitative estimate of drug-likeness (QED) is 0.678. The summed E-state index contributed by atoms with van der Waals surface area (Å²) >= 11 is 0. The fraction of sp³-hybridized carbons (Fsp3) is 0.292. The SMILES string of the molecule is CN1CCN(C(=O)c2ccc(Nc3cccc(NC4C=CC=C5NN=CC54)n3)cc2)CC1. The summed E-state index contributed by atoms with van der Waals surface area (Å²) in [5.74, 6) is 1.80. The summed E-state index contributed by atoms with van der Waals surface area (Å²) in [6.07, 6.45) is 8.10. The van der Waals surface area contributed by atoms with Crippen LogP contribution in [0.3, 0.4) is 0 Å². The second-order valence-electron chi connectivity index (χ2n) is 8.30. The smallest absolute Gasteiger partial charge is 0.253 e. The number of nitrogens with zero attached hydrogens (tertiary/aromatic N) is 4. The number of fused-ring (bicyclic) bond motifs is 1. The van der Waals surface area contributed by atoms with Crippen molar-refractivity contribution in [3.05, 3.63) is 72.0 Å². The van der Waals surface area contributed by atoms with Crippen LogP contribution in [-0.4, -0.2) is 66.2 Å². The molecule has 0 bridgehead atoms. The number of hydrogen-bond acceptors (Lipinski definition) is 7. The number of allylic oxidation sites excluding steroid dienone is 2. The molecule has 1 amide bonds. The number of benzene rings is 1. The van der Waals surface area contributed by atoms with Crippen molar-refractivity contribution in [3.63, 3.8) is 0 Å². The second-order valence-corrected chi connectivity index (χ2v) is 8.30. The number of anilines is 3. The van der Waals surface area contributed by atoms with Crippen molar-refractivity contribution in [3.8, 4) is 0 Å². The molecule has 8 heteroatoms. The van der Waals surface area contributed by atoms with E-state index in [4.69, 9.17) is 4.98 Å². The first-order chi connectivity index (χ1) is 15.7. The molecular formula is C24H27N7O. The number of amides is 1. The van der Waals surface area contributed by atoms with Crippen LogP contribution in [0.25, 0.3) is 0 Å². The van der Waals surface area contributed by atoms with Gasteiger partial charge < -0.3 is 20.4 Å². The monoisotopic (exact) mass is 429 g/mol. The third-order valence-corrected chi connectivity index (χ3v) is 6.03. The number of hydrogen-bond donors (Lipinski definition) is 3. The second kappa shape index (κ2) is 8.84. The van der Waals surface area contributed by atoms with Crippen LogP contribution in [-0.2, 0) is 0 Å². The molecule has 1 aliphatic carbocycles. The molecular weight excluding hydrogens is 402 g/mol. The molecule has 0 spiro atoms. The maximum absolute atomic E-state index is 12.7. The van der Waals surface area contributed by atoms with E-state index in [0.29, 0.717) is 5.56 Å². The van der Waals surface area contributed by atoms with Crippen LogP contribution in [0.1, 0.15) is 10.4 Å². The molecule has 164 valence electrons. The van der Waals surface area contributed by atoms with Crippen molar-refractivity contribution >= 4 is 29.4 Å². The van der Waals surface area contributed by atoms with Crippen molar-refractivity contribution < 1.29 is 4.79 Å². The first-order valence-corrected chi connectivity index (χ1v) is 10.9. The van der Waals surface area contributed by atoms with Gasteiger partial charge in [-0.15, -0.1) is 0 Å². The van der Waals surface area contributed by atoms with Crippen LogP contribution in [0.2, 0.25) is 0 Å². The van der Waals surface area contributed by atoms with E-state index in [-0.39, 0.29) is 17.9 Å². The van der Waals surface area contributed by atoms with E-state index in [1.165, 1.54) is 0 Å². The van der Waals surface area contributed by atoms with Gasteiger partial charge in [-0.1, -0.05) is 18.2 Å². The summed E-state index contributed by atoms with van der Waals surface area (Å²) in [5, 5.41) is 11.0. The zero-order valence-electron chi connectivity index (χ0n) is 18.0. The molecule has 2 aliphatic heterocycles. The van der Waals surface area contributed by atoms with Crippen LogP contribution in [0, 0.1) is 5.92 Å². The highest BCUT2D eigenvalue weighted by Gasteiger charge is 2.27. The van der Waals surface area contributed by atoms with Gasteiger partial charge in [0.15, 0.2) is 0 Å². The van der Waals surface area contributed by atoms with Crippen LogP contribution in [0.4, 0.5) is 17.3 Å². The van der Waals surface area contributed by atoms with Gasteiger partial charge in [-0.3, -0.25) is 10.2 Å². The van der Waals surface area contributed by atoms with Crippen LogP contribution in [0.15, 0.2) is 71.5 Å². The van der Waals surface area contributed by atoms with E-state index in [2.05, 4.69) is 39.2 Å². The molecule has 5 rings (SSSR count). The predicted molar refractivity (Wildman–Crippen MR) is 127 cm³/mol. The Morgan fingerprint density at radius 1 is 1.06 bits per heavy atom. The Balaban J connectivity index is 1.22. The minimum atomic E-state index is 0.0906. The average molecular weight is 430 g/mol. The lowest BCUT2D eigenvalue weighted by Crippen LogP contribution is -2.47. The Morgan fingerprint density at radius 2 is 1.84 bits per heavy atom. The number of pyridine rings is 1. The fourth-order valence-electron chi connectivity index (χ4n) is 4.11. The highest BCUT2D eigenvalue weighted by Crippen LogP contribution is 2.24. The van der Waals surface area contributed by atoms with Crippen LogP contribution >= 0.6 is 0 Å². The van der Waals surface area contributed by atoms with E-state index >= 15 is 0 Å². The normalized spacial score (nSPS) is 22.2. The summed E-state index contributed by atoms with van der Waals surface area (Å²) in [7, 11) is 2.08. The Morgan fingerprint density at radius 3 is 2.66 bits per heavy atom. The number of aromatic nitrogens is 1. The molecule has 32 heavy (non-hydrogen) atoms. The maximum atomic E-state index is 12.7. The van der Waals surface area contributed by atoms with Crippen LogP contribution < -0.4 is 16.1 Å². The minimum absolute atomic E-state index is 0.0906. The number of nitrogens with one attached hydrogen (secondary N) is 3. The van der Waals surface area contributed by atoms with Gasteiger partial charge in [0.2, 0.25) is 0 Å². The lowest BCUT2D eigenvalue weighted by Gasteiger charge is -2.32. The summed E-state index contributed by atoms with van der Waals surface area (Å²) < 4.78 is 0. The summed E-state index contributed by atoms with van der Waals surface area (Å²) in [5.41, 5.74) is 5.72. The third kappa shape index (κ3) is 4.36. The highest BCUT2D eigenvalue weighted by atomic mass is 16.2. The van der Waals surface area contributed by atoms with Gasteiger partial charge in [-0.2, -0.15) is 5.10 Å². The number of carbonyl (C=O) groups excluding carboxylic acids is 1. The summed E-state index contributed by atoms with van der Waals surface area (Å²) in [4.78, 5) is 21.6. The molecule has 1 fully saturated rings. The molecule has 1 aromatic heterocycles. The first-order valence-electron chi connectivity index (χ1n) is 10.9.